The fourth-order valence-electron chi connectivity index (χ4n) is 3.01. The summed E-state index contributed by atoms with van der Waals surface area (Å²) >= 11 is 0. The zero-order valence-corrected chi connectivity index (χ0v) is 15.5. The maximum Gasteiger partial charge on any atom is 0.235 e. The van der Waals surface area contributed by atoms with E-state index in [1.165, 1.54) is 11.4 Å². The molecule has 0 aromatic heterocycles. The van der Waals surface area contributed by atoms with Gasteiger partial charge in [-0.25, -0.2) is 8.42 Å². The maximum absolute atomic E-state index is 12.3. The third-order valence-electron chi connectivity index (χ3n) is 4.29. The van der Waals surface area contributed by atoms with Crippen LogP contribution in [0, 0.1) is 0 Å². The molecule has 1 amide bonds. The van der Waals surface area contributed by atoms with Crippen molar-refractivity contribution >= 4 is 27.3 Å². The number of hydrogen-bond acceptors (Lipinski definition) is 4. The van der Waals surface area contributed by atoms with E-state index in [9.17, 15) is 13.2 Å². The van der Waals surface area contributed by atoms with Gasteiger partial charge in [0.15, 0.2) is 0 Å². The highest BCUT2D eigenvalue weighted by Crippen LogP contribution is 2.34. The quantitative estimate of drug-likeness (QED) is 0.873. The zero-order chi connectivity index (χ0) is 18.6. The van der Waals surface area contributed by atoms with Gasteiger partial charge in [-0.2, -0.15) is 0 Å². The number of ether oxygens (including phenoxy) is 1. The Morgan fingerprint density at radius 1 is 1.15 bits per heavy atom. The van der Waals surface area contributed by atoms with Crippen molar-refractivity contribution < 1.29 is 17.9 Å². The minimum Gasteiger partial charge on any atom is -0.494 e. The van der Waals surface area contributed by atoms with Crippen LogP contribution in [0.5, 0.6) is 5.75 Å². The number of carbonyl (C=O) groups is 1. The van der Waals surface area contributed by atoms with Gasteiger partial charge in [-0.05, 0) is 30.5 Å². The van der Waals surface area contributed by atoms with Crippen molar-refractivity contribution in [2.24, 2.45) is 0 Å². The van der Waals surface area contributed by atoms with Crippen molar-refractivity contribution in [2.75, 3.05) is 29.0 Å². The molecular formula is C19H22N2O4S. The normalized spacial score (nSPS) is 16.1. The predicted octanol–water partition coefficient (Wildman–Crippen LogP) is 2.81. The number of nitrogens with zero attached hydrogens (tertiary/aromatic N) is 1. The summed E-state index contributed by atoms with van der Waals surface area (Å²) in [5.74, 6) is 0.427. The van der Waals surface area contributed by atoms with Crippen LogP contribution < -0.4 is 14.4 Å². The third kappa shape index (κ3) is 4.16. The number of nitrogens with one attached hydrogen (secondary N) is 1. The maximum atomic E-state index is 12.3. The van der Waals surface area contributed by atoms with Crippen LogP contribution in [-0.2, 0) is 21.2 Å². The van der Waals surface area contributed by atoms with Crippen LogP contribution in [0.2, 0.25) is 0 Å². The second-order valence-corrected chi connectivity index (χ2v) is 8.21. The van der Waals surface area contributed by atoms with E-state index in [2.05, 4.69) is 5.32 Å². The molecule has 2 aromatic rings. The average molecular weight is 374 g/mol. The summed E-state index contributed by atoms with van der Waals surface area (Å²) in [4.78, 5) is 12.2. The molecule has 0 atom stereocenters. The molecule has 3 rings (SSSR count). The number of amides is 1. The minimum absolute atomic E-state index is 0.142. The van der Waals surface area contributed by atoms with Gasteiger partial charge in [0.05, 0.1) is 25.0 Å². The van der Waals surface area contributed by atoms with Gasteiger partial charge in [-0.15, -0.1) is 0 Å². The van der Waals surface area contributed by atoms with Crippen LogP contribution in [0.3, 0.4) is 0 Å². The second-order valence-electron chi connectivity index (χ2n) is 6.19. The monoisotopic (exact) mass is 374 g/mol. The molecule has 138 valence electrons. The highest BCUT2D eigenvalue weighted by molar-refractivity contribution is 7.92. The Bertz CT molecular complexity index is 882. The van der Waals surface area contributed by atoms with E-state index < -0.39 is 10.0 Å². The molecule has 1 fully saturated rings. The first-order chi connectivity index (χ1) is 12.5. The van der Waals surface area contributed by atoms with Crippen LogP contribution >= 0.6 is 0 Å². The summed E-state index contributed by atoms with van der Waals surface area (Å²) < 4.78 is 31.4. The molecule has 0 radical (unpaired) electrons. The zero-order valence-electron chi connectivity index (χ0n) is 14.6. The summed E-state index contributed by atoms with van der Waals surface area (Å²) in [7, 11) is -1.83. The third-order valence-corrected chi connectivity index (χ3v) is 6.14. The van der Waals surface area contributed by atoms with E-state index in [1.807, 2.05) is 30.3 Å². The highest BCUT2D eigenvalue weighted by atomic mass is 32.2. The van der Waals surface area contributed by atoms with Crippen LogP contribution in [-0.4, -0.2) is 33.7 Å². The molecular weight excluding hydrogens is 352 g/mol. The average Bonchev–Trinajstić information content (AvgIpc) is 2.62. The summed E-state index contributed by atoms with van der Waals surface area (Å²) in [5.41, 5.74) is 2.00. The van der Waals surface area contributed by atoms with E-state index in [1.54, 1.807) is 18.2 Å². The summed E-state index contributed by atoms with van der Waals surface area (Å²) in [6.45, 7) is 0.443. The summed E-state index contributed by atoms with van der Waals surface area (Å²) in [6.07, 6.45) is 1.76. The molecule has 26 heavy (non-hydrogen) atoms. The number of hydrogen-bond donors (Lipinski definition) is 1. The Morgan fingerprint density at radius 2 is 1.92 bits per heavy atom. The van der Waals surface area contributed by atoms with Gasteiger partial charge in [-0.1, -0.05) is 30.3 Å². The van der Waals surface area contributed by atoms with Crippen LogP contribution in [0.1, 0.15) is 18.4 Å². The Balaban J connectivity index is 1.77. The first-order valence-corrected chi connectivity index (χ1v) is 10.1. The van der Waals surface area contributed by atoms with Gasteiger partial charge in [0.25, 0.3) is 0 Å². The molecule has 0 spiro atoms. The molecule has 1 heterocycles. The van der Waals surface area contributed by atoms with Crippen molar-refractivity contribution in [1.29, 1.82) is 0 Å². The number of benzene rings is 2. The molecule has 1 aliphatic rings. The van der Waals surface area contributed by atoms with Gasteiger partial charge in [0, 0.05) is 18.3 Å². The topological polar surface area (TPSA) is 75.7 Å². The molecule has 6 nitrogen and oxygen atoms in total. The lowest BCUT2D eigenvalue weighted by Crippen LogP contribution is -2.38. The van der Waals surface area contributed by atoms with Gasteiger partial charge in [0.1, 0.15) is 5.75 Å². The second kappa shape index (κ2) is 7.78. The molecule has 2 aromatic carbocycles. The van der Waals surface area contributed by atoms with E-state index >= 15 is 0 Å². The number of methoxy groups -OCH3 is 1. The van der Waals surface area contributed by atoms with Gasteiger partial charge < -0.3 is 10.1 Å². The summed E-state index contributed by atoms with van der Waals surface area (Å²) in [5, 5.41) is 2.83. The number of rotatable bonds is 5. The Hall–Kier alpha value is -2.54. The first-order valence-electron chi connectivity index (χ1n) is 8.52. The van der Waals surface area contributed by atoms with Crippen LogP contribution in [0.4, 0.5) is 11.4 Å². The van der Waals surface area contributed by atoms with E-state index in [-0.39, 0.29) is 18.1 Å². The van der Waals surface area contributed by atoms with Gasteiger partial charge in [0.2, 0.25) is 15.9 Å². The number of sulfonamides is 1. The molecule has 0 saturated carbocycles. The van der Waals surface area contributed by atoms with E-state index in [0.717, 1.165) is 12.0 Å². The molecule has 7 heteroatoms. The van der Waals surface area contributed by atoms with Crippen molar-refractivity contribution in [1.82, 2.24) is 0 Å². The predicted molar refractivity (Wildman–Crippen MR) is 102 cm³/mol. The largest absolute Gasteiger partial charge is 0.494 e. The van der Waals surface area contributed by atoms with E-state index in [0.29, 0.717) is 30.1 Å². The lowest BCUT2D eigenvalue weighted by Gasteiger charge is -2.29. The SMILES string of the molecule is COc1cc(NC(=O)Cc2ccccc2)ccc1N1CCCCS1(=O)=O. The number of carbonyl (C=O) groups excluding carboxylic acids is 1. The smallest absolute Gasteiger partial charge is 0.235 e. The Morgan fingerprint density at radius 3 is 2.62 bits per heavy atom. The molecule has 0 bridgehead atoms. The van der Waals surface area contributed by atoms with Crippen molar-refractivity contribution in [3.8, 4) is 5.75 Å². The summed E-state index contributed by atoms with van der Waals surface area (Å²) in [6, 6.07) is 14.5. The first kappa shape index (κ1) is 18.3. The fraction of sp³-hybridized carbons (Fsp3) is 0.316. The molecule has 1 aliphatic heterocycles. The fourth-order valence-corrected chi connectivity index (χ4v) is 4.65. The Labute approximate surface area is 153 Å². The molecule has 0 unspecified atom stereocenters. The van der Waals surface area contributed by atoms with Crippen molar-refractivity contribution in [3.63, 3.8) is 0 Å². The minimum atomic E-state index is -3.32. The lowest BCUT2D eigenvalue weighted by molar-refractivity contribution is -0.115. The van der Waals surface area contributed by atoms with Crippen LogP contribution in [0.15, 0.2) is 48.5 Å². The highest BCUT2D eigenvalue weighted by Gasteiger charge is 2.28. The van der Waals surface area contributed by atoms with Gasteiger partial charge >= 0.3 is 0 Å². The number of anilines is 2. The van der Waals surface area contributed by atoms with Gasteiger partial charge in [-0.3, -0.25) is 9.10 Å². The lowest BCUT2D eigenvalue weighted by atomic mass is 10.1. The van der Waals surface area contributed by atoms with Crippen LogP contribution in [0.25, 0.3) is 0 Å². The van der Waals surface area contributed by atoms with E-state index in [4.69, 9.17) is 4.74 Å². The standard InChI is InChI=1S/C19H22N2O4S/c1-25-18-14-16(20-19(22)13-15-7-3-2-4-8-15)9-10-17(18)21-11-5-6-12-26(21,23)24/h2-4,7-10,14H,5-6,11-13H2,1H3,(H,20,22). The van der Waals surface area contributed by atoms with Crippen molar-refractivity contribution in [2.45, 2.75) is 19.3 Å². The molecule has 1 saturated heterocycles. The Kier molecular flexibility index (Phi) is 5.46. The van der Waals surface area contributed by atoms with Crippen molar-refractivity contribution in [3.05, 3.63) is 54.1 Å². The molecule has 0 aliphatic carbocycles. The molecule has 1 N–H and O–H groups in total.